The second kappa shape index (κ2) is 4.40. The van der Waals surface area contributed by atoms with Gasteiger partial charge >= 0.3 is 6.09 Å². The minimum atomic E-state index is -0.153. The van der Waals surface area contributed by atoms with Gasteiger partial charge in [-0.2, -0.15) is 0 Å². The number of amides is 1. The zero-order valence-electron chi connectivity index (χ0n) is 9.84. The third-order valence-electron chi connectivity index (χ3n) is 3.46. The largest absolute Gasteiger partial charge is 0.444 e. The van der Waals surface area contributed by atoms with Gasteiger partial charge in [-0.15, -0.1) is 0 Å². The molecule has 1 aliphatic heterocycles. The van der Waals surface area contributed by atoms with Crippen molar-refractivity contribution in [2.75, 3.05) is 6.54 Å². The van der Waals surface area contributed by atoms with Crippen molar-refractivity contribution >= 4 is 6.09 Å². The standard InChI is InChI=1S/C14H17NO2/c16-14-15(9-12-4-2-1-3-5-12)10-13(17-14)8-11-6-7-11/h1-5,11,13H,6-10H2/t13-/m0/s1. The number of benzene rings is 1. The topological polar surface area (TPSA) is 29.5 Å². The summed E-state index contributed by atoms with van der Waals surface area (Å²) in [4.78, 5) is 13.5. The first-order chi connectivity index (χ1) is 8.31. The Morgan fingerprint density at radius 2 is 2.00 bits per heavy atom. The average Bonchev–Trinajstić information content (AvgIpc) is 3.07. The number of nitrogens with zero attached hydrogens (tertiary/aromatic N) is 1. The van der Waals surface area contributed by atoms with E-state index in [2.05, 4.69) is 0 Å². The fourth-order valence-electron chi connectivity index (χ4n) is 2.36. The van der Waals surface area contributed by atoms with Gasteiger partial charge in [-0.1, -0.05) is 43.2 Å². The highest BCUT2D eigenvalue weighted by Gasteiger charge is 2.35. The summed E-state index contributed by atoms with van der Waals surface area (Å²) in [6.07, 6.45) is 3.65. The molecule has 1 aromatic rings. The first kappa shape index (κ1) is 10.6. The lowest BCUT2D eigenvalue weighted by molar-refractivity contribution is 0.126. The van der Waals surface area contributed by atoms with E-state index in [4.69, 9.17) is 4.74 Å². The Morgan fingerprint density at radius 3 is 2.71 bits per heavy atom. The van der Waals surface area contributed by atoms with Crippen molar-refractivity contribution < 1.29 is 9.53 Å². The van der Waals surface area contributed by atoms with Gasteiger partial charge in [0.1, 0.15) is 6.10 Å². The zero-order chi connectivity index (χ0) is 11.7. The van der Waals surface area contributed by atoms with Gasteiger partial charge in [-0.05, 0) is 17.9 Å². The van der Waals surface area contributed by atoms with Crippen LogP contribution in [0.1, 0.15) is 24.8 Å². The Bertz CT molecular complexity index is 400. The Balaban J connectivity index is 1.58. The Hall–Kier alpha value is -1.51. The normalized spacial score (nSPS) is 23.9. The van der Waals surface area contributed by atoms with Crippen molar-refractivity contribution in [3.63, 3.8) is 0 Å². The molecule has 1 aromatic carbocycles. The highest BCUT2D eigenvalue weighted by Crippen LogP contribution is 2.35. The predicted octanol–water partition coefficient (Wildman–Crippen LogP) is 2.81. The molecule has 1 aliphatic carbocycles. The van der Waals surface area contributed by atoms with Gasteiger partial charge in [-0.25, -0.2) is 4.79 Å². The molecular formula is C14H17NO2. The van der Waals surface area contributed by atoms with Gasteiger partial charge in [0.2, 0.25) is 0 Å². The summed E-state index contributed by atoms with van der Waals surface area (Å²) in [5, 5.41) is 0. The summed E-state index contributed by atoms with van der Waals surface area (Å²) < 4.78 is 5.38. The van der Waals surface area contributed by atoms with E-state index < -0.39 is 0 Å². The lowest BCUT2D eigenvalue weighted by Crippen LogP contribution is -2.24. The van der Waals surface area contributed by atoms with Gasteiger partial charge < -0.3 is 9.64 Å². The van der Waals surface area contributed by atoms with E-state index in [0.29, 0.717) is 6.54 Å². The number of carbonyl (C=O) groups is 1. The van der Waals surface area contributed by atoms with E-state index in [9.17, 15) is 4.79 Å². The van der Waals surface area contributed by atoms with Crippen molar-refractivity contribution in [3.05, 3.63) is 35.9 Å². The molecule has 1 amide bonds. The van der Waals surface area contributed by atoms with Gasteiger partial charge in [0.05, 0.1) is 6.54 Å². The number of carbonyl (C=O) groups excluding carboxylic acids is 1. The molecule has 3 rings (SSSR count). The highest BCUT2D eigenvalue weighted by atomic mass is 16.6. The van der Waals surface area contributed by atoms with Crippen LogP contribution in [0.3, 0.4) is 0 Å². The molecule has 1 atom stereocenters. The van der Waals surface area contributed by atoms with Crippen LogP contribution in [-0.4, -0.2) is 23.6 Å². The molecule has 2 fully saturated rings. The molecule has 2 aliphatic rings. The monoisotopic (exact) mass is 231 g/mol. The molecule has 17 heavy (non-hydrogen) atoms. The fraction of sp³-hybridized carbons (Fsp3) is 0.500. The van der Waals surface area contributed by atoms with E-state index in [0.717, 1.165) is 24.4 Å². The third kappa shape index (κ3) is 2.60. The minimum Gasteiger partial charge on any atom is -0.444 e. The van der Waals surface area contributed by atoms with Crippen LogP contribution in [0.2, 0.25) is 0 Å². The second-order valence-electron chi connectivity index (χ2n) is 5.05. The number of cyclic esters (lactones) is 1. The summed E-state index contributed by atoms with van der Waals surface area (Å²) in [6.45, 7) is 1.42. The molecule has 1 saturated carbocycles. The summed E-state index contributed by atoms with van der Waals surface area (Å²) >= 11 is 0. The lowest BCUT2D eigenvalue weighted by atomic mass is 10.1. The number of rotatable bonds is 4. The molecule has 0 radical (unpaired) electrons. The number of hydrogen-bond acceptors (Lipinski definition) is 2. The fourth-order valence-corrected chi connectivity index (χ4v) is 2.36. The molecule has 0 N–H and O–H groups in total. The van der Waals surface area contributed by atoms with Crippen LogP contribution in [0.4, 0.5) is 4.79 Å². The zero-order valence-corrected chi connectivity index (χ0v) is 9.84. The minimum absolute atomic E-state index is 0.124. The molecule has 0 spiro atoms. The van der Waals surface area contributed by atoms with Crippen molar-refractivity contribution in [1.82, 2.24) is 4.90 Å². The molecule has 1 saturated heterocycles. The highest BCUT2D eigenvalue weighted by molar-refractivity contribution is 5.69. The van der Waals surface area contributed by atoms with Gasteiger partial charge in [0.25, 0.3) is 0 Å². The molecule has 3 nitrogen and oxygen atoms in total. The van der Waals surface area contributed by atoms with Crippen LogP contribution < -0.4 is 0 Å². The maximum absolute atomic E-state index is 11.7. The molecule has 0 unspecified atom stereocenters. The first-order valence-corrected chi connectivity index (χ1v) is 6.31. The summed E-state index contributed by atoms with van der Waals surface area (Å²) in [7, 11) is 0. The molecule has 90 valence electrons. The third-order valence-corrected chi connectivity index (χ3v) is 3.46. The van der Waals surface area contributed by atoms with Crippen LogP contribution >= 0.6 is 0 Å². The van der Waals surface area contributed by atoms with Crippen molar-refractivity contribution in [2.45, 2.75) is 31.9 Å². The van der Waals surface area contributed by atoms with Crippen molar-refractivity contribution in [2.24, 2.45) is 5.92 Å². The van der Waals surface area contributed by atoms with Crippen LogP contribution in [0.15, 0.2) is 30.3 Å². The van der Waals surface area contributed by atoms with Gasteiger partial charge in [0, 0.05) is 6.54 Å². The van der Waals surface area contributed by atoms with Crippen LogP contribution in [0.25, 0.3) is 0 Å². The van der Waals surface area contributed by atoms with Crippen LogP contribution in [0, 0.1) is 5.92 Å². The predicted molar refractivity (Wildman–Crippen MR) is 64.5 cm³/mol. The van der Waals surface area contributed by atoms with E-state index >= 15 is 0 Å². The summed E-state index contributed by atoms with van der Waals surface area (Å²) in [5.74, 6) is 0.810. The van der Waals surface area contributed by atoms with E-state index in [1.807, 2.05) is 35.2 Å². The lowest BCUT2D eigenvalue weighted by Gasteiger charge is -2.12. The maximum atomic E-state index is 11.7. The Labute approximate surface area is 101 Å². The molecule has 1 heterocycles. The van der Waals surface area contributed by atoms with Gasteiger partial charge in [-0.3, -0.25) is 0 Å². The quantitative estimate of drug-likeness (QED) is 0.797. The van der Waals surface area contributed by atoms with Crippen molar-refractivity contribution in [1.29, 1.82) is 0 Å². The number of hydrogen-bond donors (Lipinski definition) is 0. The molecule has 0 bridgehead atoms. The van der Waals surface area contributed by atoms with Crippen molar-refractivity contribution in [3.8, 4) is 0 Å². The smallest absolute Gasteiger partial charge is 0.410 e. The second-order valence-corrected chi connectivity index (χ2v) is 5.05. The average molecular weight is 231 g/mol. The number of ether oxygens (including phenoxy) is 1. The SMILES string of the molecule is O=C1O[C@@H](CC2CC2)CN1Cc1ccccc1. The van der Waals surface area contributed by atoms with Gasteiger partial charge in [0.15, 0.2) is 0 Å². The van der Waals surface area contributed by atoms with Crippen LogP contribution in [-0.2, 0) is 11.3 Å². The first-order valence-electron chi connectivity index (χ1n) is 6.31. The van der Waals surface area contributed by atoms with Crippen LogP contribution in [0.5, 0.6) is 0 Å². The van der Waals surface area contributed by atoms with E-state index in [1.54, 1.807) is 0 Å². The summed E-state index contributed by atoms with van der Waals surface area (Å²) in [5.41, 5.74) is 1.16. The Morgan fingerprint density at radius 1 is 1.24 bits per heavy atom. The molecule has 3 heteroatoms. The van der Waals surface area contributed by atoms with E-state index in [-0.39, 0.29) is 12.2 Å². The Kier molecular flexibility index (Phi) is 2.75. The molecular weight excluding hydrogens is 214 g/mol. The summed E-state index contributed by atoms with van der Waals surface area (Å²) in [6, 6.07) is 10.1. The molecule has 0 aromatic heterocycles. The maximum Gasteiger partial charge on any atom is 0.410 e. The van der Waals surface area contributed by atoms with E-state index in [1.165, 1.54) is 12.8 Å².